The number of carbonyl (C=O) groups excluding carboxylic acids is 2. The summed E-state index contributed by atoms with van der Waals surface area (Å²) in [6.45, 7) is 2.56. The minimum Gasteiger partial charge on any atom is -0.497 e. The van der Waals surface area contributed by atoms with Crippen LogP contribution in [0.2, 0.25) is 0 Å². The second kappa shape index (κ2) is 19.5. The summed E-state index contributed by atoms with van der Waals surface area (Å²) in [5.41, 5.74) is 3.65. The average molecular weight is 686 g/mol. The summed E-state index contributed by atoms with van der Waals surface area (Å²) in [6.07, 6.45) is -0.887. The lowest BCUT2D eigenvalue weighted by Gasteiger charge is -2.25. The van der Waals surface area contributed by atoms with Gasteiger partial charge in [0.25, 0.3) is 0 Å². The van der Waals surface area contributed by atoms with Crippen LogP contribution in [0.1, 0.15) is 22.3 Å². The van der Waals surface area contributed by atoms with Crippen molar-refractivity contribution in [1.82, 2.24) is 14.7 Å². The number of carbonyl (C=O) groups is 2. The molecule has 4 rings (SSSR count). The number of methoxy groups -OCH3 is 4. The van der Waals surface area contributed by atoms with Crippen LogP contribution in [0.4, 0.5) is 9.59 Å². The molecule has 4 aromatic rings. The Morgan fingerprint density at radius 2 is 0.760 bits per heavy atom. The van der Waals surface area contributed by atoms with Gasteiger partial charge in [-0.15, -0.1) is 0 Å². The molecule has 0 fully saturated rings. The molecule has 0 N–H and O–H groups in total. The van der Waals surface area contributed by atoms with Gasteiger partial charge < -0.3 is 28.4 Å². The van der Waals surface area contributed by atoms with Gasteiger partial charge in [-0.05, 0) is 77.8 Å². The Morgan fingerprint density at radius 1 is 0.480 bits per heavy atom. The van der Waals surface area contributed by atoms with Crippen LogP contribution in [0.5, 0.6) is 23.0 Å². The fourth-order valence-electron chi connectivity index (χ4n) is 5.21. The molecular weight excluding hydrogens is 638 g/mol. The van der Waals surface area contributed by atoms with Gasteiger partial charge in [0.15, 0.2) is 0 Å². The molecule has 0 aliphatic heterocycles. The topological polar surface area (TPSA) is 99.2 Å². The first kappa shape index (κ1) is 37.4. The highest BCUT2D eigenvalue weighted by atomic mass is 16.6. The van der Waals surface area contributed by atoms with Crippen molar-refractivity contribution in [2.75, 3.05) is 61.8 Å². The van der Waals surface area contributed by atoms with Crippen LogP contribution >= 0.6 is 0 Å². The number of nitrogens with zero attached hydrogens (tertiary/aromatic N) is 3. The van der Waals surface area contributed by atoms with Crippen LogP contribution in [0.25, 0.3) is 0 Å². The molecule has 0 bridgehead atoms. The molecule has 4 aromatic carbocycles. The lowest BCUT2D eigenvalue weighted by molar-refractivity contribution is 0.0760. The van der Waals surface area contributed by atoms with Crippen molar-refractivity contribution < 1.29 is 38.0 Å². The molecule has 2 amide bonds. The quantitative estimate of drug-likeness (QED) is 0.114. The number of hydrogen-bond acceptors (Lipinski definition) is 9. The Morgan fingerprint density at radius 3 is 1.02 bits per heavy atom. The monoisotopic (exact) mass is 685 g/mol. The largest absolute Gasteiger partial charge is 0.497 e. The smallest absolute Gasteiger partial charge is 0.410 e. The summed E-state index contributed by atoms with van der Waals surface area (Å²) in [4.78, 5) is 31.9. The number of likely N-dealkylation sites (N-methyl/N-ethyl adjacent to an activating group) is 1. The first-order chi connectivity index (χ1) is 24.3. The van der Waals surface area contributed by atoms with Crippen molar-refractivity contribution in [2.24, 2.45) is 0 Å². The van der Waals surface area contributed by atoms with E-state index in [2.05, 4.69) is 0 Å². The zero-order chi connectivity index (χ0) is 35.7. The molecule has 11 nitrogen and oxygen atoms in total. The Bertz CT molecular complexity index is 1450. The van der Waals surface area contributed by atoms with Crippen LogP contribution in [0.3, 0.4) is 0 Å². The van der Waals surface area contributed by atoms with E-state index in [1.807, 2.05) is 109 Å². The van der Waals surface area contributed by atoms with Gasteiger partial charge >= 0.3 is 12.2 Å². The summed E-state index contributed by atoms with van der Waals surface area (Å²) in [5.74, 6) is 2.85. The van der Waals surface area contributed by atoms with Gasteiger partial charge in [-0.2, -0.15) is 0 Å². The molecule has 0 atom stereocenters. The highest BCUT2D eigenvalue weighted by molar-refractivity contribution is 5.68. The van der Waals surface area contributed by atoms with Gasteiger partial charge in [-0.25, -0.2) is 9.59 Å². The molecule has 266 valence electrons. The van der Waals surface area contributed by atoms with E-state index in [-0.39, 0.29) is 13.2 Å². The van der Waals surface area contributed by atoms with E-state index in [9.17, 15) is 9.59 Å². The van der Waals surface area contributed by atoms with Gasteiger partial charge in [-0.1, -0.05) is 48.5 Å². The summed E-state index contributed by atoms with van der Waals surface area (Å²) < 4.78 is 32.9. The summed E-state index contributed by atoms with van der Waals surface area (Å²) in [5, 5.41) is 0. The first-order valence-electron chi connectivity index (χ1n) is 16.3. The molecule has 0 saturated heterocycles. The van der Waals surface area contributed by atoms with Gasteiger partial charge in [-0.3, -0.25) is 14.7 Å². The second-order valence-electron chi connectivity index (χ2n) is 11.7. The van der Waals surface area contributed by atoms with E-state index in [0.29, 0.717) is 62.3 Å². The minimum atomic E-state index is -0.443. The van der Waals surface area contributed by atoms with E-state index >= 15 is 0 Å². The standard InChI is InChI=1S/C39H47N3O8/c1-40(18-20-49-38(43)41(26-30-10-6-14-34(22-30)45-2)27-31-11-7-15-35(23-31)46-3)19-21-50-39(44)42(28-32-12-8-16-36(24-32)47-4)29-33-13-9-17-37(25-33)48-5/h6-17,22-25H,18-21,26-29H2,1-5H3. The zero-order valence-electron chi connectivity index (χ0n) is 29.5. The number of rotatable bonds is 18. The maximum absolute atomic E-state index is 13.3. The lowest BCUT2D eigenvalue weighted by atomic mass is 10.1. The maximum atomic E-state index is 13.3. The molecule has 0 heterocycles. The van der Waals surface area contributed by atoms with Gasteiger partial charge in [0.1, 0.15) is 36.2 Å². The molecule has 0 aliphatic carbocycles. The van der Waals surface area contributed by atoms with E-state index in [1.165, 1.54) is 0 Å². The van der Waals surface area contributed by atoms with E-state index < -0.39 is 12.2 Å². The third-order valence-corrected chi connectivity index (χ3v) is 7.94. The SMILES string of the molecule is COc1cccc(CN(Cc2cccc(OC)c2)C(=O)OCCN(C)CCOC(=O)N(Cc2cccc(OC)c2)Cc2cccc(OC)c2)c1. The molecule has 0 unspecified atom stereocenters. The van der Waals surface area contributed by atoms with Crippen molar-refractivity contribution in [3.63, 3.8) is 0 Å². The van der Waals surface area contributed by atoms with Crippen LogP contribution in [0, 0.1) is 0 Å². The minimum absolute atomic E-state index is 0.161. The number of hydrogen-bond donors (Lipinski definition) is 0. The second-order valence-corrected chi connectivity index (χ2v) is 11.7. The lowest BCUT2D eigenvalue weighted by Crippen LogP contribution is -2.35. The fraction of sp³-hybridized carbons (Fsp3) is 0.333. The Hall–Kier alpha value is -5.42. The predicted octanol–water partition coefficient (Wildman–Crippen LogP) is 6.63. The summed E-state index contributed by atoms with van der Waals surface area (Å²) in [6, 6.07) is 30.4. The highest BCUT2D eigenvalue weighted by Gasteiger charge is 2.19. The molecule has 11 heteroatoms. The highest BCUT2D eigenvalue weighted by Crippen LogP contribution is 2.21. The number of ether oxygens (including phenoxy) is 6. The van der Waals surface area contributed by atoms with Gasteiger partial charge in [0.05, 0.1) is 28.4 Å². The van der Waals surface area contributed by atoms with Crippen LogP contribution in [0.15, 0.2) is 97.1 Å². The molecule has 50 heavy (non-hydrogen) atoms. The first-order valence-corrected chi connectivity index (χ1v) is 16.3. The zero-order valence-corrected chi connectivity index (χ0v) is 29.5. The van der Waals surface area contributed by atoms with Crippen molar-refractivity contribution in [3.8, 4) is 23.0 Å². The van der Waals surface area contributed by atoms with Crippen LogP contribution in [-0.2, 0) is 35.7 Å². The van der Waals surface area contributed by atoms with Crippen LogP contribution in [-0.4, -0.2) is 88.7 Å². The normalized spacial score (nSPS) is 10.7. The molecule has 0 aromatic heterocycles. The molecule has 0 saturated carbocycles. The van der Waals surface area contributed by atoms with E-state index in [1.54, 1.807) is 38.2 Å². The van der Waals surface area contributed by atoms with Gasteiger partial charge in [0, 0.05) is 39.3 Å². The maximum Gasteiger partial charge on any atom is 0.410 e. The molecule has 0 aliphatic rings. The third kappa shape index (κ3) is 11.9. The van der Waals surface area contributed by atoms with E-state index in [4.69, 9.17) is 28.4 Å². The predicted molar refractivity (Wildman–Crippen MR) is 191 cm³/mol. The Labute approximate surface area is 294 Å². The van der Waals surface area contributed by atoms with Gasteiger partial charge in [0.2, 0.25) is 0 Å². The molecular formula is C39H47N3O8. The van der Waals surface area contributed by atoms with Crippen molar-refractivity contribution in [2.45, 2.75) is 26.2 Å². The number of benzene rings is 4. The Balaban J connectivity index is 1.31. The van der Waals surface area contributed by atoms with Crippen molar-refractivity contribution in [1.29, 1.82) is 0 Å². The Kier molecular flexibility index (Phi) is 14.6. The molecule has 0 radical (unpaired) electrons. The third-order valence-electron chi connectivity index (χ3n) is 7.94. The van der Waals surface area contributed by atoms with E-state index in [0.717, 1.165) is 22.3 Å². The summed E-state index contributed by atoms with van der Waals surface area (Å²) >= 11 is 0. The van der Waals surface area contributed by atoms with Crippen LogP contribution < -0.4 is 18.9 Å². The average Bonchev–Trinajstić information content (AvgIpc) is 3.14. The summed E-state index contributed by atoms with van der Waals surface area (Å²) in [7, 11) is 8.33. The van der Waals surface area contributed by atoms with Crippen molar-refractivity contribution in [3.05, 3.63) is 119 Å². The fourth-order valence-corrected chi connectivity index (χ4v) is 5.21. The van der Waals surface area contributed by atoms with Crippen molar-refractivity contribution >= 4 is 12.2 Å². The molecule has 0 spiro atoms. The number of amides is 2.